The van der Waals surface area contributed by atoms with E-state index >= 15 is 0 Å². The van der Waals surface area contributed by atoms with Crippen LogP contribution in [-0.4, -0.2) is 12.6 Å². The first-order chi connectivity index (χ1) is 8.70. The molecule has 1 nitrogen and oxygen atoms in total. The van der Waals surface area contributed by atoms with Gasteiger partial charge in [-0.1, -0.05) is 33.1 Å². The van der Waals surface area contributed by atoms with E-state index in [1.54, 1.807) is 0 Å². The summed E-state index contributed by atoms with van der Waals surface area (Å²) in [6.45, 7) is 5.74. The number of nitrogens with one attached hydrogen (secondary N) is 1. The molecule has 102 valence electrons. The van der Waals surface area contributed by atoms with Crippen LogP contribution in [0.15, 0.2) is 16.8 Å². The molecule has 0 amide bonds. The Morgan fingerprint density at radius 3 is 2.67 bits per heavy atom. The van der Waals surface area contributed by atoms with Crippen LogP contribution in [0.1, 0.15) is 57.9 Å². The lowest BCUT2D eigenvalue weighted by Gasteiger charge is -2.38. The minimum absolute atomic E-state index is 0.574. The predicted octanol–water partition coefficient (Wildman–Crippen LogP) is 4.63. The molecule has 0 saturated heterocycles. The second-order valence-corrected chi connectivity index (χ2v) is 7.01. The summed E-state index contributed by atoms with van der Waals surface area (Å²) in [5.74, 6) is 0. The second-order valence-electron chi connectivity index (χ2n) is 6.23. The first-order valence-electron chi connectivity index (χ1n) is 7.45. The first kappa shape index (κ1) is 14.1. The lowest BCUT2D eigenvalue weighted by Crippen LogP contribution is -2.39. The molecule has 18 heavy (non-hydrogen) atoms. The highest BCUT2D eigenvalue weighted by Gasteiger charge is 2.31. The van der Waals surface area contributed by atoms with Crippen LogP contribution in [0, 0.1) is 5.41 Å². The third-order valence-corrected chi connectivity index (χ3v) is 5.06. The van der Waals surface area contributed by atoms with Crippen molar-refractivity contribution < 1.29 is 0 Å². The quantitative estimate of drug-likeness (QED) is 0.791. The summed E-state index contributed by atoms with van der Waals surface area (Å²) in [6, 6.07) is 2.90. The molecule has 0 aliphatic heterocycles. The Hall–Kier alpha value is -0.340. The van der Waals surface area contributed by atoms with Gasteiger partial charge in [-0.25, -0.2) is 0 Å². The highest BCUT2D eigenvalue weighted by molar-refractivity contribution is 7.07. The van der Waals surface area contributed by atoms with Crippen molar-refractivity contribution in [3.63, 3.8) is 0 Å². The highest BCUT2D eigenvalue weighted by atomic mass is 32.1. The number of hydrogen-bond donors (Lipinski definition) is 1. The lowest BCUT2D eigenvalue weighted by atomic mass is 9.70. The fourth-order valence-electron chi connectivity index (χ4n) is 3.08. The summed E-state index contributed by atoms with van der Waals surface area (Å²) in [5.41, 5.74) is 2.11. The third kappa shape index (κ3) is 4.10. The zero-order valence-corrected chi connectivity index (χ0v) is 12.7. The van der Waals surface area contributed by atoms with Crippen LogP contribution in [0.4, 0.5) is 0 Å². The van der Waals surface area contributed by atoms with Crippen LogP contribution in [0.2, 0.25) is 0 Å². The van der Waals surface area contributed by atoms with E-state index in [-0.39, 0.29) is 0 Å². The Balaban J connectivity index is 1.91. The first-order valence-corrected chi connectivity index (χ1v) is 8.39. The van der Waals surface area contributed by atoms with Crippen LogP contribution in [0.3, 0.4) is 0 Å². The van der Waals surface area contributed by atoms with Gasteiger partial charge < -0.3 is 5.32 Å². The van der Waals surface area contributed by atoms with E-state index in [9.17, 15) is 0 Å². The topological polar surface area (TPSA) is 12.0 Å². The van der Waals surface area contributed by atoms with Gasteiger partial charge in [-0.05, 0) is 53.5 Å². The van der Waals surface area contributed by atoms with E-state index in [1.807, 2.05) is 11.3 Å². The van der Waals surface area contributed by atoms with Crippen LogP contribution in [0.5, 0.6) is 0 Å². The number of thiophene rings is 1. The average molecular weight is 265 g/mol. The third-order valence-electron chi connectivity index (χ3n) is 4.32. The Bertz CT molecular complexity index is 323. The summed E-state index contributed by atoms with van der Waals surface area (Å²) in [4.78, 5) is 0. The van der Waals surface area contributed by atoms with Crippen molar-refractivity contribution in [1.29, 1.82) is 0 Å². The molecule has 1 aromatic heterocycles. The summed E-state index contributed by atoms with van der Waals surface area (Å²) >= 11 is 1.83. The van der Waals surface area contributed by atoms with Crippen molar-refractivity contribution in [3.05, 3.63) is 22.4 Å². The molecular formula is C16H27NS. The average Bonchev–Trinajstić information content (AvgIpc) is 2.89. The van der Waals surface area contributed by atoms with Crippen molar-refractivity contribution in [2.75, 3.05) is 6.54 Å². The molecule has 1 saturated carbocycles. The molecule has 0 radical (unpaired) electrons. The zero-order valence-electron chi connectivity index (χ0n) is 11.9. The molecule has 1 aromatic rings. The lowest BCUT2D eigenvalue weighted by molar-refractivity contribution is 0.163. The Kier molecular flexibility index (Phi) is 5.25. The number of aryl methyl sites for hydroxylation is 1. The van der Waals surface area contributed by atoms with Crippen molar-refractivity contribution in [3.8, 4) is 0 Å². The van der Waals surface area contributed by atoms with Crippen LogP contribution in [0.25, 0.3) is 0 Å². The van der Waals surface area contributed by atoms with Gasteiger partial charge in [0.05, 0.1) is 0 Å². The monoisotopic (exact) mass is 265 g/mol. The van der Waals surface area contributed by atoms with Gasteiger partial charge in [0, 0.05) is 12.6 Å². The fraction of sp³-hybridized carbons (Fsp3) is 0.750. The van der Waals surface area contributed by atoms with E-state index < -0.39 is 0 Å². The van der Waals surface area contributed by atoms with Crippen molar-refractivity contribution >= 4 is 11.3 Å². The van der Waals surface area contributed by atoms with E-state index in [0.717, 1.165) is 0 Å². The van der Waals surface area contributed by atoms with Gasteiger partial charge >= 0.3 is 0 Å². The molecule has 0 aromatic carbocycles. The summed E-state index contributed by atoms with van der Waals surface area (Å²) < 4.78 is 0. The summed E-state index contributed by atoms with van der Waals surface area (Å²) in [5, 5.41) is 8.20. The smallest absolute Gasteiger partial charge is 0.00106 e. The molecule has 1 aliphatic carbocycles. The molecule has 0 bridgehead atoms. The van der Waals surface area contributed by atoms with Crippen LogP contribution in [-0.2, 0) is 6.42 Å². The maximum atomic E-state index is 3.69. The Morgan fingerprint density at radius 2 is 2.06 bits per heavy atom. The molecule has 1 fully saturated rings. The predicted molar refractivity (Wildman–Crippen MR) is 81.3 cm³/mol. The van der Waals surface area contributed by atoms with Crippen LogP contribution >= 0.6 is 11.3 Å². The van der Waals surface area contributed by atoms with Gasteiger partial charge in [0.15, 0.2) is 0 Å². The van der Waals surface area contributed by atoms with E-state index in [0.29, 0.717) is 11.5 Å². The number of hydrogen-bond acceptors (Lipinski definition) is 2. The van der Waals surface area contributed by atoms with Gasteiger partial charge in [0.25, 0.3) is 0 Å². The SMILES string of the molecule is CC(C)NCC1(CCc2ccsc2)CCCCC1. The van der Waals surface area contributed by atoms with Crippen LogP contribution < -0.4 is 5.32 Å². The normalized spacial score (nSPS) is 19.3. The number of rotatable bonds is 6. The molecule has 2 heteroatoms. The summed E-state index contributed by atoms with van der Waals surface area (Å²) in [6.07, 6.45) is 9.80. The largest absolute Gasteiger partial charge is 0.314 e. The molecule has 0 atom stereocenters. The molecule has 1 N–H and O–H groups in total. The second kappa shape index (κ2) is 6.72. The van der Waals surface area contributed by atoms with E-state index in [1.165, 1.54) is 57.1 Å². The molecule has 1 heterocycles. The van der Waals surface area contributed by atoms with Crippen molar-refractivity contribution in [2.24, 2.45) is 5.41 Å². The van der Waals surface area contributed by atoms with Gasteiger partial charge in [-0.2, -0.15) is 11.3 Å². The van der Waals surface area contributed by atoms with Gasteiger partial charge in [0.2, 0.25) is 0 Å². The molecule has 0 unspecified atom stereocenters. The van der Waals surface area contributed by atoms with Gasteiger partial charge in [-0.3, -0.25) is 0 Å². The zero-order chi connectivity index (χ0) is 12.8. The van der Waals surface area contributed by atoms with Crippen molar-refractivity contribution in [1.82, 2.24) is 5.32 Å². The van der Waals surface area contributed by atoms with Gasteiger partial charge in [-0.15, -0.1) is 0 Å². The Morgan fingerprint density at radius 1 is 1.28 bits per heavy atom. The maximum absolute atomic E-state index is 3.69. The Labute approximate surface area is 116 Å². The standard InChI is InChI=1S/C16H27NS/c1-14(2)17-13-16(8-4-3-5-9-16)10-6-15-7-11-18-12-15/h7,11-12,14,17H,3-6,8-10,13H2,1-2H3. The fourth-order valence-corrected chi connectivity index (χ4v) is 3.79. The molecule has 0 spiro atoms. The van der Waals surface area contributed by atoms with E-state index in [4.69, 9.17) is 0 Å². The van der Waals surface area contributed by atoms with Crippen molar-refractivity contribution in [2.45, 2.75) is 64.8 Å². The minimum atomic E-state index is 0.574. The summed E-state index contributed by atoms with van der Waals surface area (Å²) in [7, 11) is 0. The highest BCUT2D eigenvalue weighted by Crippen LogP contribution is 2.39. The molecular weight excluding hydrogens is 238 g/mol. The van der Waals surface area contributed by atoms with Gasteiger partial charge in [0.1, 0.15) is 0 Å². The maximum Gasteiger partial charge on any atom is 0.00106 e. The molecule has 2 rings (SSSR count). The minimum Gasteiger partial charge on any atom is -0.314 e. The van der Waals surface area contributed by atoms with E-state index in [2.05, 4.69) is 36.0 Å². The molecule has 1 aliphatic rings.